The molecule has 3 aromatic rings. The van der Waals surface area contributed by atoms with Gasteiger partial charge in [-0.3, -0.25) is 14.4 Å². The SMILES string of the molecule is O=C1c2ccc(-c3nc4ccccc4[nH]3)cc2CN1N1C(=O)CCCC1=O. The number of rotatable bonds is 2. The Morgan fingerprint density at radius 1 is 0.963 bits per heavy atom. The van der Waals surface area contributed by atoms with Crippen LogP contribution in [-0.2, 0) is 16.1 Å². The predicted octanol–water partition coefficient (Wildman–Crippen LogP) is 2.64. The monoisotopic (exact) mass is 360 g/mol. The molecular formula is C20H16N4O3. The van der Waals surface area contributed by atoms with Crippen LogP contribution in [-0.4, -0.2) is 37.7 Å². The molecular weight excluding hydrogens is 344 g/mol. The summed E-state index contributed by atoms with van der Waals surface area (Å²) in [5.41, 5.74) is 3.96. The van der Waals surface area contributed by atoms with E-state index in [1.165, 1.54) is 5.01 Å². The summed E-state index contributed by atoms with van der Waals surface area (Å²) in [4.78, 5) is 44.9. The lowest BCUT2D eigenvalue weighted by atomic mass is 10.1. The molecule has 0 spiro atoms. The summed E-state index contributed by atoms with van der Waals surface area (Å²) in [5.74, 6) is -0.227. The molecule has 0 radical (unpaired) electrons. The van der Waals surface area contributed by atoms with Crippen molar-refractivity contribution in [2.24, 2.45) is 0 Å². The quantitative estimate of drug-likeness (QED) is 0.712. The molecule has 0 unspecified atom stereocenters. The number of H-pyrrole nitrogens is 1. The fourth-order valence-electron chi connectivity index (χ4n) is 3.71. The summed E-state index contributed by atoms with van der Waals surface area (Å²) in [6.45, 7) is 0.208. The average Bonchev–Trinajstić information content (AvgIpc) is 3.23. The number of aromatic amines is 1. The lowest BCUT2D eigenvalue weighted by Gasteiger charge is -2.32. The van der Waals surface area contributed by atoms with Crippen LogP contribution in [0.1, 0.15) is 35.2 Å². The molecule has 2 aromatic carbocycles. The number of aromatic nitrogens is 2. The molecule has 3 amide bonds. The van der Waals surface area contributed by atoms with Gasteiger partial charge in [0, 0.05) is 24.0 Å². The second kappa shape index (κ2) is 5.77. The molecule has 1 aromatic heterocycles. The normalized spacial score (nSPS) is 17.1. The number of amides is 3. The highest BCUT2D eigenvalue weighted by atomic mass is 16.2. The topological polar surface area (TPSA) is 86.4 Å². The predicted molar refractivity (Wildman–Crippen MR) is 97.1 cm³/mol. The zero-order valence-electron chi connectivity index (χ0n) is 14.4. The van der Waals surface area contributed by atoms with Gasteiger partial charge < -0.3 is 4.98 Å². The number of hydrogen-bond acceptors (Lipinski definition) is 4. The first-order valence-corrected chi connectivity index (χ1v) is 8.87. The standard InChI is InChI=1S/C20H16N4O3/c25-17-6-3-7-18(26)24(17)23-11-13-10-12(8-9-14(13)20(23)27)19-21-15-4-1-2-5-16(15)22-19/h1-2,4-5,8-10H,3,6-7,11H2,(H,21,22). The van der Waals surface area contributed by atoms with Crippen LogP contribution in [0.2, 0.25) is 0 Å². The number of benzene rings is 2. The Balaban J connectivity index is 1.50. The van der Waals surface area contributed by atoms with E-state index < -0.39 is 0 Å². The Kier molecular flexibility index (Phi) is 3.36. The van der Waals surface area contributed by atoms with E-state index in [0.717, 1.165) is 33.0 Å². The van der Waals surface area contributed by atoms with Gasteiger partial charge in [0.15, 0.2) is 0 Å². The maximum atomic E-state index is 12.7. The maximum Gasteiger partial charge on any atom is 0.273 e. The lowest BCUT2D eigenvalue weighted by molar-refractivity contribution is -0.163. The van der Waals surface area contributed by atoms with E-state index in [2.05, 4.69) is 9.97 Å². The smallest absolute Gasteiger partial charge is 0.273 e. The fraction of sp³-hybridized carbons (Fsp3) is 0.200. The van der Waals surface area contributed by atoms with Gasteiger partial charge >= 0.3 is 0 Å². The van der Waals surface area contributed by atoms with E-state index in [0.29, 0.717) is 12.0 Å². The van der Waals surface area contributed by atoms with Crippen molar-refractivity contribution in [1.29, 1.82) is 0 Å². The summed E-state index contributed by atoms with van der Waals surface area (Å²) in [6.07, 6.45) is 1.12. The molecule has 0 bridgehead atoms. The highest BCUT2D eigenvalue weighted by Crippen LogP contribution is 2.30. The molecule has 5 rings (SSSR count). The van der Waals surface area contributed by atoms with Gasteiger partial charge in [-0.25, -0.2) is 9.99 Å². The number of nitrogens with zero attached hydrogens (tertiary/aromatic N) is 3. The minimum absolute atomic E-state index is 0.208. The van der Waals surface area contributed by atoms with Crippen molar-refractivity contribution >= 4 is 28.8 Å². The van der Waals surface area contributed by atoms with Crippen LogP contribution in [0.4, 0.5) is 0 Å². The number of imidazole rings is 1. The van der Waals surface area contributed by atoms with Crippen molar-refractivity contribution in [3.05, 3.63) is 53.6 Å². The van der Waals surface area contributed by atoms with Crippen LogP contribution >= 0.6 is 0 Å². The molecule has 3 heterocycles. The number of nitrogens with one attached hydrogen (secondary N) is 1. The van der Waals surface area contributed by atoms with Crippen LogP contribution in [0.5, 0.6) is 0 Å². The van der Waals surface area contributed by atoms with Gasteiger partial charge in [-0.2, -0.15) is 5.01 Å². The first-order chi connectivity index (χ1) is 13.1. The van der Waals surface area contributed by atoms with Gasteiger partial charge in [-0.05, 0) is 36.2 Å². The lowest BCUT2D eigenvalue weighted by Crippen LogP contribution is -2.51. The third-order valence-corrected chi connectivity index (χ3v) is 5.05. The van der Waals surface area contributed by atoms with Crippen molar-refractivity contribution in [3.8, 4) is 11.4 Å². The molecule has 1 fully saturated rings. The second-order valence-corrected chi connectivity index (χ2v) is 6.79. The number of carbonyl (C=O) groups excluding carboxylic acids is 3. The summed E-state index contributed by atoms with van der Waals surface area (Å²) in [6, 6.07) is 13.2. The number of hydrogen-bond donors (Lipinski definition) is 1. The number of fused-ring (bicyclic) bond motifs is 2. The van der Waals surface area contributed by atoms with E-state index in [4.69, 9.17) is 0 Å². The molecule has 0 saturated carbocycles. The molecule has 2 aliphatic heterocycles. The first-order valence-electron chi connectivity index (χ1n) is 8.87. The zero-order valence-corrected chi connectivity index (χ0v) is 14.4. The van der Waals surface area contributed by atoms with Crippen molar-refractivity contribution in [1.82, 2.24) is 20.0 Å². The highest BCUT2D eigenvalue weighted by molar-refractivity contribution is 6.04. The third kappa shape index (κ3) is 2.43. The maximum absolute atomic E-state index is 12.7. The van der Waals surface area contributed by atoms with Crippen LogP contribution in [0, 0.1) is 0 Å². The fourth-order valence-corrected chi connectivity index (χ4v) is 3.71. The molecule has 0 atom stereocenters. The van der Waals surface area contributed by atoms with Gasteiger partial charge in [0.1, 0.15) is 5.82 Å². The summed E-state index contributed by atoms with van der Waals surface area (Å²) >= 11 is 0. The number of hydrazine groups is 1. The van der Waals surface area contributed by atoms with Gasteiger partial charge in [0.2, 0.25) is 11.8 Å². The van der Waals surface area contributed by atoms with Gasteiger partial charge in [-0.15, -0.1) is 0 Å². The molecule has 1 saturated heterocycles. The van der Waals surface area contributed by atoms with Crippen molar-refractivity contribution in [2.45, 2.75) is 25.8 Å². The summed E-state index contributed by atoms with van der Waals surface area (Å²) in [5, 5.41) is 2.28. The van der Waals surface area contributed by atoms with E-state index >= 15 is 0 Å². The third-order valence-electron chi connectivity index (χ3n) is 5.05. The summed E-state index contributed by atoms with van der Waals surface area (Å²) in [7, 11) is 0. The largest absolute Gasteiger partial charge is 0.338 e. The van der Waals surface area contributed by atoms with Crippen LogP contribution < -0.4 is 0 Å². The van der Waals surface area contributed by atoms with E-state index in [9.17, 15) is 14.4 Å². The molecule has 7 heteroatoms. The van der Waals surface area contributed by atoms with E-state index in [1.54, 1.807) is 6.07 Å². The summed E-state index contributed by atoms with van der Waals surface area (Å²) < 4.78 is 0. The van der Waals surface area contributed by atoms with Crippen molar-refractivity contribution in [3.63, 3.8) is 0 Å². The molecule has 7 nitrogen and oxygen atoms in total. The van der Waals surface area contributed by atoms with Crippen LogP contribution in [0.25, 0.3) is 22.4 Å². The number of piperidine rings is 1. The average molecular weight is 360 g/mol. The van der Waals surface area contributed by atoms with E-state index in [1.807, 2.05) is 36.4 Å². The Labute approximate surface area is 154 Å². The Morgan fingerprint density at radius 3 is 2.52 bits per heavy atom. The molecule has 2 aliphatic rings. The van der Waals surface area contributed by atoms with E-state index in [-0.39, 0.29) is 37.1 Å². The minimum atomic E-state index is -0.315. The highest BCUT2D eigenvalue weighted by Gasteiger charge is 2.39. The molecule has 0 aliphatic carbocycles. The van der Waals surface area contributed by atoms with Crippen molar-refractivity contribution in [2.75, 3.05) is 0 Å². The van der Waals surface area contributed by atoms with Gasteiger partial charge in [0.25, 0.3) is 5.91 Å². The number of para-hydroxylation sites is 2. The molecule has 134 valence electrons. The molecule has 27 heavy (non-hydrogen) atoms. The minimum Gasteiger partial charge on any atom is -0.338 e. The number of carbonyl (C=O) groups is 3. The van der Waals surface area contributed by atoms with Crippen molar-refractivity contribution < 1.29 is 14.4 Å². The number of imide groups is 1. The Hall–Kier alpha value is -3.48. The first kappa shape index (κ1) is 15.7. The Bertz CT molecular complexity index is 1070. The van der Waals surface area contributed by atoms with Gasteiger partial charge in [-0.1, -0.05) is 18.2 Å². The molecule has 1 N–H and O–H groups in total. The Morgan fingerprint density at radius 2 is 1.74 bits per heavy atom. The zero-order chi connectivity index (χ0) is 18.5. The van der Waals surface area contributed by atoms with Gasteiger partial charge in [0.05, 0.1) is 17.6 Å². The van der Waals surface area contributed by atoms with Crippen LogP contribution in [0.3, 0.4) is 0 Å². The van der Waals surface area contributed by atoms with Crippen LogP contribution in [0.15, 0.2) is 42.5 Å². The second-order valence-electron chi connectivity index (χ2n) is 6.79.